The van der Waals surface area contributed by atoms with Gasteiger partial charge in [-0.1, -0.05) is 32.9 Å². The van der Waals surface area contributed by atoms with E-state index in [9.17, 15) is 9.90 Å². The second-order valence-electron chi connectivity index (χ2n) is 4.69. The zero-order valence-corrected chi connectivity index (χ0v) is 10.3. The van der Waals surface area contributed by atoms with Gasteiger partial charge in [-0.15, -0.1) is 0 Å². The molecule has 0 aliphatic carbocycles. The van der Waals surface area contributed by atoms with E-state index in [1.807, 2.05) is 20.8 Å². The first-order chi connectivity index (χ1) is 7.30. The van der Waals surface area contributed by atoms with Crippen LogP contribution >= 0.6 is 11.6 Å². The number of ether oxygens (including phenoxy) is 1. The van der Waals surface area contributed by atoms with Crippen molar-refractivity contribution in [2.75, 3.05) is 0 Å². The van der Waals surface area contributed by atoms with Crippen molar-refractivity contribution in [2.24, 2.45) is 5.41 Å². The van der Waals surface area contributed by atoms with Gasteiger partial charge in [0.15, 0.2) is 0 Å². The number of benzene rings is 1. The molecule has 4 heteroatoms. The molecule has 1 unspecified atom stereocenters. The maximum Gasteiger partial charge on any atom is 0.404 e. The van der Waals surface area contributed by atoms with E-state index >= 15 is 0 Å². The summed E-state index contributed by atoms with van der Waals surface area (Å²) in [7, 11) is 0. The highest BCUT2D eigenvalue weighted by Crippen LogP contribution is 2.37. The molecule has 0 saturated heterocycles. The average Bonchev–Trinajstić information content (AvgIpc) is 2.14. The van der Waals surface area contributed by atoms with Gasteiger partial charge in [0.2, 0.25) is 0 Å². The predicted octanol–water partition coefficient (Wildman–Crippen LogP) is 3.85. The van der Waals surface area contributed by atoms with Crippen LogP contribution in [0.4, 0.5) is 4.79 Å². The quantitative estimate of drug-likeness (QED) is 0.801. The first kappa shape index (κ1) is 12.8. The van der Waals surface area contributed by atoms with E-state index in [1.165, 1.54) is 0 Å². The Balaban J connectivity index is 3.01. The van der Waals surface area contributed by atoms with Crippen LogP contribution in [0.1, 0.15) is 32.4 Å². The first-order valence-electron chi connectivity index (χ1n) is 4.96. The Morgan fingerprint density at radius 3 is 2.19 bits per heavy atom. The number of aromatic hydroxyl groups is 1. The fourth-order valence-electron chi connectivity index (χ4n) is 1.49. The van der Waals surface area contributed by atoms with E-state index in [0.29, 0.717) is 0 Å². The number of halogens is 1. The summed E-state index contributed by atoms with van der Waals surface area (Å²) in [6, 6.07) is 6.53. The monoisotopic (exact) mass is 242 g/mol. The number of hydrogen-bond donors (Lipinski definition) is 1. The van der Waals surface area contributed by atoms with Crippen LogP contribution in [-0.4, -0.2) is 10.5 Å². The summed E-state index contributed by atoms with van der Waals surface area (Å²) in [6.45, 7) is 5.85. The van der Waals surface area contributed by atoms with Crippen molar-refractivity contribution in [2.45, 2.75) is 26.9 Å². The summed E-state index contributed by atoms with van der Waals surface area (Å²) in [5.41, 5.74) is -0.283. The molecular weight excluding hydrogens is 228 g/mol. The van der Waals surface area contributed by atoms with Crippen LogP contribution in [-0.2, 0) is 4.74 Å². The van der Waals surface area contributed by atoms with Crippen molar-refractivity contribution < 1.29 is 14.6 Å². The molecule has 3 nitrogen and oxygen atoms in total. The molecule has 1 aromatic rings. The van der Waals surface area contributed by atoms with Gasteiger partial charge < -0.3 is 9.84 Å². The van der Waals surface area contributed by atoms with E-state index in [1.54, 1.807) is 24.3 Å². The van der Waals surface area contributed by atoms with Gasteiger partial charge in [0.1, 0.15) is 11.9 Å². The molecule has 16 heavy (non-hydrogen) atoms. The Kier molecular flexibility index (Phi) is 3.81. The summed E-state index contributed by atoms with van der Waals surface area (Å²) in [6.07, 6.45) is -0.432. The van der Waals surface area contributed by atoms with Crippen LogP contribution in [0.2, 0.25) is 0 Å². The summed E-state index contributed by atoms with van der Waals surface area (Å²) < 4.78 is 5.09. The highest BCUT2D eigenvalue weighted by Gasteiger charge is 2.29. The van der Waals surface area contributed by atoms with Crippen molar-refractivity contribution in [3.63, 3.8) is 0 Å². The lowest BCUT2D eigenvalue weighted by molar-refractivity contribution is 0.0458. The molecule has 1 rings (SSSR count). The number of carbonyl (C=O) groups is 1. The normalized spacial score (nSPS) is 13.2. The van der Waals surface area contributed by atoms with Crippen LogP contribution in [0.15, 0.2) is 24.3 Å². The Morgan fingerprint density at radius 2 is 1.81 bits per heavy atom. The third-order valence-corrected chi connectivity index (χ3v) is 2.28. The maximum absolute atomic E-state index is 10.8. The molecule has 0 heterocycles. The van der Waals surface area contributed by atoms with E-state index in [0.717, 1.165) is 5.56 Å². The van der Waals surface area contributed by atoms with Crippen LogP contribution in [0, 0.1) is 5.41 Å². The highest BCUT2D eigenvalue weighted by atomic mass is 35.5. The molecule has 0 bridgehead atoms. The molecular formula is C12H15ClO3. The van der Waals surface area contributed by atoms with Gasteiger partial charge in [0, 0.05) is 17.0 Å². The summed E-state index contributed by atoms with van der Waals surface area (Å²) >= 11 is 5.25. The molecule has 0 aliphatic rings. The Bertz CT molecular complexity index is 365. The Labute approximate surface area is 100.0 Å². The maximum atomic E-state index is 10.8. The van der Waals surface area contributed by atoms with Gasteiger partial charge in [-0.25, -0.2) is 4.79 Å². The smallest absolute Gasteiger partial charge is 0.404 e. The first-order valence-corrected chi connectivity index (χ1v) is 5.33. The van der Waals surface area contributed by atoms with E-state index in [2.05, 4.69) is 0 Å². The van der Waals surface area contributed by atoms with Crippen LogP contribution in [0.5, 0.6) is 5.75 Å². The summed E-state index contributed by atoms with van der Waals surface area (Å²) in [5.74, 6) is 0.175. The fourth-order valence-corrected chi connectivity index (χ4v) is 1.58. The van der Waals surface area contributed by atoms with Crippen LogP contribution in [0.3, 0.4) is 0 Å². The average molecular weight is 243 g/mol. The Morgan fingerprint density at radius 1 is 1.31 bits per heavy atom. The molecule has 88 valence electrons. The Hall–Kier alpha value is -1.22. The molecule has 0 aromatic heterocycles. The van der Waals surface area contributed by atoms with Gasteiger partial charge in [-0.2, -0.15) is 0 Å². The van der Waals surface area contributed by atoms with Crippen LogP contribution < -0.4 is 0 Å². The minimum Gasteiger partial charge on any atom is -0.508 e. The molecule has 0 amide bonds. The van der Waals surface area contributed by atoms with E-state index < -0.39 is 11.5 Å². The van der Waals surface area contributed by atoms with E-state index in [4.69, 9.17) is 16.3 Å². The molecule has 0 radical (unpaired) electrons. The second-order valence-corrected chi connectivity index (χ2v) is 5.00. The summed E-state index contributed by atoms with van der Waals surface area (Å²) in [5, 5.41) is 9.19. The minimum absolute atomic E-state index is 0.175. The fraction of sp³-hybridized carbons (Fsp3) is 0.417. The molecule has 0 aliphatic heterocycles. The lowest BCUT2D eigenvalue weighted by atomic mass is 9.84. The molecule has 0 fully saturated rings. The lowest BCUT2D eigenvalue weighted by Crippen LogP contribution is -2.22. The number of phenolic OH excluding ortho intramolecular Hbond substituents is 1. The number of hydrogen-bond acceptors (Lipinski definition) is 3. The molecule has 1 N–H and O–H groups in total. The van der Waals surface area contributed by atoms with Crippen molar-refractivity contribution in [1.29, 1.82) is 0 Å². The van der Waals surface area contributed by atoms with Gasteiger partial charge in [-0.05, 0) is 17.7 Å². The second kappa shape index (κ2) is 4.74. The molecule has 0 spiro atoms. The SMILES string of the molecule is CC(C)(C)C(OC(=O)Cl)c1ccc(O)cc1. The largest absolute Gasteiger partial charge is 0.508 e. The number of rotatable bonds is 2. The predicted molar refractivity (Wildman–Crippen MR) is 62.6 cm³/mol. The number of carbonyl (C=O) groups excluding carboxylic acids is 1. The molecule has 1 atom stereocenters. The lowest BCUT2D eigenvalue weighted by Gasteiger charge is -2.29. The van der Waals surface area contributed by atoms with E-state index in [-0.39, 0.29) is 11.2 Å². The zero-order chi connectivity index (χ0) is 12.3. The molecule has 1 aromatic carbocycles. The van der Waals surface area contributed by atoms with Gasteiger partial charge in [-0.3, -0.25) is 0 Å². The summed E-state index contributed by atoms with van der Waals surface area (Å²) in [4.78, 5) is 10.8. The number of phenols is 1. The topological polar surface area (TPSA) is 46.5 Å². The minimum atomic E-state index is -0.826. The standard InChI is InChI=1S/C12H15ClO3/c1-12(2,3)10(16-11(13)15)8-4-6-9(14)7-5-8/h4-7,10,14H,1-3H3. The van der Waals surface area contributed by atoms with Crippen molar-refractivity contribution >= 4 is 17.0 Å². The highest BCUT2D eigenvalue weighted by molar-refractivity contribution is 6.61. The van der Waals surface area contributed by atoms with Crippen LogP contribution in [0.25, 0.3) is 0 Å². The van der Waals surface area contributed by atoms with Crippen molar-refractivity contribution in [3.8, 4) is 5.75 Å². The zero-order valence-electron chi connectivity index (χ0n) is 9.53. The van der Waals surface area contributed by atoms with Gasteiger partial charge in [0.25, 0.3) is 0 Å². The third kappa shape index (κ3) is 3.42. The third-order valence-electron chi connectivity index (χ3n) is 2.19. The van der Waals surface area contributed by atoms with Crippen molar-refractivity contribution in [1.82, 2.24) is 0 Å². The van der Waals surface area contributed by atoms with Gasteiger partial charge in [0.05, 0.1) is 0 Å². The van der Waals surface area contributed by atoms with Crippen molar-refractivity contribution in [3.05, 3.63) is 29.8 Å². The van der Waals surface area contributed by atoms with Gasteiger partial charge >= 0.3 is 5.43 Å². The molecule has 0 saturated carbocycles.